The van der Waals surface area contributed by atoms with Crippen molar-refractivity contribution >= 4 is 0 Å². The van der Waals surface area contributed by atoms with Crippen LogP contribution in [0.3, 0.4) is 0 Å². The first kappa shape index (κ1) is 13.0. The summed E-state index contributed by atoms with van der Waals surface area (Å²) < 4.78 is 5.49. The number of fused-ring (bicyclic) bond motifs is 1. The van der Waals surface area contributed by atoms with Crippen molar-refractivity contribution in [1.29, 1.82) is 0 Å². The molecular weight excluding hydrogens is 262 g/mol. The third kappa shape index (κ3) is 2.39. The van der Waals surface area contributed by atoms with Gasteiger partial charge in [0, 0.05) is 24.2 Å². The Hall–Kier alpha value is -1.65. The first-order chi connectivity index (χ1) is 10.4. The summed E-state index contributed by atoms with van der Waals surface area (Å²) in [6, 6.07) is 11.0. The lowest BCUT2D eigenvalue weighted by molar-refractivity contribution is 0.0115. The fourth-order valence-corrected chi connectivity index (χ4v) is 3.61. The molecule has 0 saturated carbocycles. The van der Waals surface area contributed by atoms with Gasteiger partial charge >= 0.3 is 0 Å². The molecule has 0 amide bonds. The van der Waals surface area contributed by atoms with Crippen molar-refractivity contribution in [3.8, 4) is 11.3 Å². The van der Waals surface area contributed by atoms with Gasteiger partial charge in [-0.05, 0) is 19.3 Å². The molecule has 1 N–H and O–H groups in total. The van der Waals surface area contributed by atoms with Crippen LogP contribution in [0.25, 0.3) is 11.3 Å². The molecule has 4 rings (SSSR count). The smallest absolute Gasteiger partial charge is 0.0956 e. The van der Waals surface area contributed by atoms with Crippen molar-refractivity contribution < 1.29 is 4.74 Å². The fourth-order valence-electron chi connectivity index (χ4n) is 3.61. The minimum absolute atomic E-state index is 0.489. The highest BCUT2D eigenvalue weighted by Crippen LogP contribution is 2.37. The number of nitrogens with one attached hydrogen (secondary N) is 1. The monoisotopic (exact) mass is 283 g/mol. The number of hydrogen-bond donors (Lipinski definition) is 1. The Kier molecular flexibility index (Phi) is 3.49. The molecule has 1 atom stereocenters. The Bertz CT molecular complexity index is 602. The molecule has 1 saturated heterocycles. The Morgan fingerprint density at radius 1 is 1.14 bits per heavy atom. The summed E-state index contributed by atoms with van der Waals surface area (Å²) >= 11 is 0. The van der Waals surface area contributed by atoms with Gasteiger partial charge in [0.25, 0.3) is 0 Å². The van der Waals surface area contributed by atoms with Crippen LogP contribution in [0.2, 0.25) is 0 Å². The summed E-state index contributed by atoms with van der Waals surface area (Å²) in [4.78, 5) is 2.55. The van der Waals surface area contributed by atoms with Gasteiger partial charge in [0.1, 0.15) is 0 Å². The molecule has 1 aliphatic heterocycles. The van der Waals surface area contributed by atoms with Crippen molar-refractivity contribution in [1.82, 2.24) is 15.1 Å². The maximum atomic E-state index is 5.49. The van der Waals surface area contributed by atoms with E-state index in [0.29, 0.717) is 6.04 Å². The lowest BCUT2D eigenvalue weighted by Gasteiger charge is -2.36. The summed E-state index contributed by atoms with van der Waals surface area (Å²) in [7, 11) is 0. The van der Waals surface area contributed by atoms with E-state index in [9.17, 15) is 0 Å². The number of aromatic nitrogens is 2. The van der Waals surface area contributed by atoms with Crippen LogP contribution in [0.15, 0.2) is 30.3 Å². The van der Waals surface area contributed by atoms with Crippen LogP contribution in [0.1, 0.15) is 30.1 Å². The molecule has 2 heterocycles. The zero-order valence-electron chi connectivity index (χ0n) is 12.2. The minimum atomic E-state index is 0.489. The molecule has 4 heteroatoms. The van der Waals surface area contributed by atoms with Gasteiger partial charge in [0.05, 0.1) is 30.6 Å². The van der Waals surface area contributed by atoms with Gasteiger partial charge in [-0.2, -0.15) is 5.10 Å². The minimum Gasteiger partial charge on any atom is -0.379 e. The van der Waals surface area contributed by atoms with E-state index < -0.39 is 0 Å². The quantitative estimate of drug-likeness (QED) is 0.921. The van der Waals surface area contributed by atoms with E-state index in [-0.39, 0.29) is 0 Å². The average Bonchev–Trinajstić information content (AvgIpc) is 3.00. The zero-order valence-corrected chi connectivity index (χ0v) is 12.2. The van der Waals surface area contributed by atoms with Crippen LogP contribution in [0.4, 0.5) is 0 Å². The maximum absolute atomic E-state index is 5.49. The largest absolute Gasteiger partial charge is 0.379 e. The van der Waals surface area contributed by atoms with E-state index in [1.54, 1.807) is 0 Å². The van der Waals surface area contributed by atoms with E-state index in [2.05, 4.69) is 45.4 Å². The van der Waals surface area contributed by atoms with Crippen molar-refractivity contribution in [2.45, 2.75) is 25.3 Å². The molecule has 1 aromatic carbocycles. The second kappa shape index (κ2) is 5.62. The highest BCUT2D eigenvalue weighted by atomic mass is 16.5. The summed E-state index contributed by atoms with van der Waals surface area (Å²) in [5, 5.41) is 7.97. The summed E-state index contributed by atoms with van der Waals surface area (Å²) in [5.74, 6) is 0. The van der Waals surface area contributed by atoms with E-state index in [4.69, 9.17) is 4.74 Å². The maximum Gasteiger partial charge on any atom is 0.0956 e. The first-order valence-corrected chi connectivity index (χ1v) is 7.88. The van der Waals surface area contributed by atoms with Gasteiger partial charge in [0.2, 0.25) is 0 Å². The van der Waals surface area contributed by atoms with Crippen LogP contribution in [0, 0.1) is 0 Å². The number of morpholine rings is 1. The van der Waals surface area contributed by atoms with E-state index in [0.717, 1.165) is 38.4 Å². The van der Waals surface area contributed by atoms with Crippen molar-refractivity contribution in [3.05, 3.63) is 41.6 Å². The molecule has 0 spiro atoms. The Labute approximate surface area is 125 Å². The summed E-state index contributed by atoms with van der Waals surface area (Å²) in [5.41, 5.74) is 5.12. The van der Waals surface area contributed by atoms with Gasteiger partial charge < -0.3 is 4.74 Å². The van der Waals surface area contributed by atoms with Gasteiger partial charge in [-0.25, -0.2) is 0 Å². The number of ether oxygens (including phenoxy) is 1. The van der Waals surface area contributed by atoms with Crippen molar-refractivity contribution in [2.75, 3.05) is 26.3 Å². The molecule has 110 valence electrons. The number of H-pyrrole nitrogens is 1. The Morgan fingerprint density at radius 2 is 1.95 bits per heavy atom. The third-order valence-corrected chi connectivity index (χ3v) is 4.67. The highest BCUT2D eigenvalue weighted by Gasteiger charge is 2.30. The molecule has 21 heavy (non-hydrogen) atoms. The van der Waals surface area contributed by atoms with Crippen LogP contribution in [-0.2, 0) is 11.2 Å². The second-order valence-electron chi connectivity index (χ2n) is 5.89. The van der Waals surface area contributed by atoms with Crippen LogP contribution >= 0.6 is 0 Å². The molecule has 1 fully saturated rings. The lowest BCUT2D eigenvalue weighted by atomic mass is 9.89. The van der Waals surface area contributed by atoms with Crippen LogP contribution in [0.5, 0.6) is 0 Å². The average molecular weight is 283 g/mol. The number of nitrogens with zero attached hydrogens (tertiary/aromatic N) is 2. The number of benzene rings is 1. The van der Waals surface area contributed by atoms with E-state index >= 15 is 0 Å². The van der Waals surface area contributed by atoms with E-state index in [1.807, 2.05) is 0 Å². The van der Waals surface area contributed by atoms with Crippen molar-refractivity contribution in [2.24, 2.45) is 0 Å². The van der Waals surface area contributed by atoms with E-state index in [1.165, 1.54) is 29.7 Å². The molecule has 0 bridgehead atoms. The lowest BCUT2D eigenvalue weighted by Crippen LogP contribution is -2.40. The summed E-state index contributed by atoms with van der Waals surface area (Å²) in [6.45, 7) is 3.77. The number of hydrogen-bond acceptors (Lipinski definition) is 3. The highest BCUT2D eigenvalue weighted by molar-refractivity contribution is 5.64. The molecule has 4 nitrogen and oxygen atoms in total. The summed E-state index contributed by atoms with van der Waals surface area (Å²) in [6.07, 6.45) is 3.61. The van der Waals surface area contributed by atoms with Crippen LogP contribution in [-0.4, -0.2) is 41.4 Å². The van der Waals surface area contributed by atoms with Crippen molar-refractivity contribution in [3.63, 3.8) is 0 Å². The molecular formula is C17H21N3O. The number of rotatable bonds is 2. The molecule has 2 aromatic rings. The Balaban J connectivity index is 1.68. The topological polar surface area (TPSA) is 41.2 Å². The molecule has 1 aliphatic carbocycles. The molecule has 1 unspecified atom stereocenters. The predicted octanol–water partition coefficient (Wildman–Crippen LogP) is 2.79. The zero-order chi connectivity index (χ0) is 14.1. The van der Waals surface area contributed by atoms with Gasteiger partial charge in [-0.1, -0.05) is 30.3 Å². The van der Waals surface area contributed by atoms with Gasteiger partial charge in [0.15, 0.2) is 0 Å². The molecule has 2 aliphatic rings. The second-order valence-corrected chi connectivity index (χ2v) is 5.89. The van der Waals surface area contributed by atoms with Gasteiger partial charge in [-0.15, -0.1) is 0 Å². The first-order valence-electron chi connectivity index (χ1n) is 7.88. The van der Waals surface area contributed by atoms with Gasteiger partial charge in [-0.3, -0.25) is 10.00 Å². The molecule has 1 aromatic heterocycles. The third-order valence-electron chi connectivity index (χ3n) is 4.67. The predicted molar refractivity (Wildman–Crippen MR) is 82.1 cm³/mol. The molecule has 0 radical (unpaired) electrons. The van der Waals surface area contributed by atoms with Crippen LogP contribution < -0.4 is 0 Å². The number of aromatic amines is 1. The SMILES string of the molecule is c1ccc(-c2n[nH]c3c2CCCC3N2CCOCC2)cc1. The normalized spacial score (nSPS) is 23.0. The Morgan fingerprint density at radius 3 is 2.76 bits per heavy atom. The fraction of sp³-hybridized carbons (Fsp3) is 0.471. The standard InChI is InChI=1S/C17H21N3O/c1-2-5-13(6-3-1)16-14-7-4-8-15(17(14)19-18-16)20-9-11-21-12-10-20/h1-3,5-6,15H,4,7-12H2,(H,18,19).